The van der Waals surface area contributed by atoms with Gasteiger partial charge in [0.1, 0.15) is 0 Å². The predicted molar refractivity (Wildman–Crippen MR) is 105 cm³/mol. The molecule has 2 heterocycles. The van der Waals surface area contributed by atoms with E-state index in [-0.39, 0.29) is 29.0 Å². The molecule has 3 aromatic rings. The van der Waals surface area contributed by atoms with Gasteiger partial charge in [0.25, 0.3) is 5.91 Å². The van der Waals surface area contributed by atoms with Gasteiger partial charge in [-0.3, -0.25) is 4.79 Å². The Kier molecular flexibility index (Phi) is 6.44. The fourth-order valence-electron chi connectivity index (χ4n) is 3.73. The first-order valence-corrected chi connectivity index (χ1v) is 10.3. The van der Waals surface area contributed by atoms with Crippen LogP contribution in [0.25, 0.3) is 11.6 Å². The highest BCUT2D eigenvalue weighted by Crippen LogP contribution is 2.35. The van der Waals surface area contributed by atoms with Gasteiger partial charge in [0, 0.05) is 30.4 Å². The Balaban J connectivity index is 1.30. The zero-order valence-electron chi connectivity index (χ0n) is 17.4. The summed E-state index contributed by atoms with van der Waals surface area (Å²) in [5.74, 6) is -3.93. The number of phenols is 1. The fourth-order valence-corrected chi connectivity index (χ4v) is 3.73. The summed E-state index contributed by atoms with van der Waals surface area (Å²) in [6.45, 7) is 0.296. The van der Waals surface area contributed by atoms with E-state index >= 15 is 0 Å². The van der Waals surface area contributed by atoms with Gasteiger partial charge in [-0.1, -0.05) is 5.16 Å². The molecule has 0 spiro atoms. The minimum atomic E-state index is -4.55. The van der Waals surface area contributed by atoms with E-state index in [4.69, 9.17) is 9.63 Å². The minimum absolute atomic E-state index is 0.00789. The number of aromatic nitrogens is 4. The van der Waals surface area contributed by atoms with E-state index in [1.165, 1.54) is 0 Å². The molecule has 13 heteroatoms. The molecule has 0 radical (unpaired) electrons. The predicted octanol–water partition coefficient (Wildman–Crippen LogP) is 4.23. The fraction of sp³-hybridized carbons (Fsp3) is 0.381. The van der Waals surface area contributed by atoms with Crippen LogP contribution >= 0.6 is 0 Å². The summed E-state index contributed by atoms with van der Waals surface area (Å²) in [7, 11) is 0. The van der Waals surface area contributed by atoms with Gasteiger partial charge in [0.15, 0.2) is 17.4 Å². The molecular formula is C21H18F5N5O3. The minimum Gasteiger partial charge on any atom is -0.503 e. The lowest BCUT2D eigenvalue weighted by molar-refractivity contribution is -0.138. The van der Waals surface area contributed by atoms with Crippen molar-refractivity contribution in [3.05, 3.63) is 53.2 Å². The maximum Gasteiger partial charge on any atom is 0.419 e. The highest BCUT2D eigenvalue weighted by molar-refractivity contribution is 5.94. The molecule has 0 unspecified atom stereocenters. The third-order valence-electron chi connectivity index (χ3n) is 5.65. The molecule has 1 amide bonds. The van der Waals surface area contributed by atoms with Crippen molar-refractivity contribution in [1.82, 2.24) is 25.4 Å². The summed E-state index contributed by atoms with van der Waals surface area (Å²) in [5.41, 5.74) is -1.21. The summed E-state index contributed by atoms with van der Waals surface area (Å²) < 4.78 is 70.0. The van der Waals surface area contributed by atoms with Crippen LogP contribution < -0.4 is 5.32 Å². The van der Waals surface area contributed by atoms with Crippen molar-refractivity contribution >= 4 is 5.91 Å². The second-order valence-electron chi connectivity index (χ2n) is 7.97. The summed E-state index contributed by atoms with van der Waals surface area (Å²) in [6, 6.07) is 1.52. The Hall–Kier alpha value is -3.64. The SMILES string of the molecule is O=C(NCC1CCC(c2nc(-c3ncc(C(F)(F)F)cn3)no2)CC1)c1cc(F)c(O)c(F)c1. The molecule has 1 saturated carbocycles. The Morgan fingerprint density at radius 1 is 1.06 bits per heavy atom. The monoisotopic (exact) mass is 483 g/mol. The molecular weight excluding hydrogens is 465 g/mol. The normalized spacial score (nSPS) is 18.6. The zero-order valence-corrected chi connectivity index (χ0v) is 17.4. The van der Waals surface area contributed by atoms with E-state index in [0.717, 1.165) is 12.1 Å². The number of aromatic hydroxyl groups is 1. The number of rotatable bonds is 5. The molecule has 34 heavy (non-hydrogen) atoms. The Morgan fingerprint density at radius 2 is 1.68 bits per heavy atom. The van der Waals surface area contributed by atoms with Gasteiger partial charge >= 0.3 is 6.18 Å². The van der Waals surface area contributed by atoms with Gasteiger partial charge in [-0.25, -0.2) is 18.7 Å². The molecule has 1 aliphatic carbocycles. The van der Waals surface area contributed by atoms with E-state index in [1.807, 2.05) is 0 Å². The largest absolute Gasteiger partial charge is 0.503 e. The first kappa shape index (κ1) is 23.5. The number of carbonyl (C=O) groups excluding carboxylic acids is 1. The average molecular weight is 483 g/mol. The van der Waals surface area contributed by atoms with Crippen molar-refractivity contribution in [2.45, 2.75) is 37.8 Å². The smallest absolute Gasteiger partial charge is 0.419 e. The Labute approximate surface area is 189 Å². The van der Waals surface area contributed by atoms with Gasteiger partial charge in [0.05, 0.1) is 5.56 Å². The van der Waals surface area contributed by atoms with E-state index in [9.17, 15) is 26.7 Å². The third kappa shape index (κ3) is 5.13. The number of nitrogens with zero attached hydrogens (tertiary/aromatic N) is 4. The van der Waals surface area contributed by atoms with Gasteiger partial charge in [0.2, 0.25) is 17.5 Å². The van der Waals surface area contributed by atoms with E-state index in [2.05, 4.69) is 25.4 Å². The number of hydrogen-bond acceptors (Lipinski definition) is 7. The van der Waals surface area contributed by atoms with Crippen molar-refractivity contribution in [3.8, 4) is 17.4 Å². The summed E-state index contributed by atoms with van der Waals surface area (Å²) in [4.78, 5) is 23.7. The van der Waals surface area contributed by atoms with Crippen LogP contribution in [-0.4, -0.2) is 37.7 Å². The lowest BCUT2D eigenvalue weighted by Crippen LogP contribution is -2.31. The average Bonchev–Trinajstić information content (AvgIpc) is 3.31. The molecule has 2 N–H and O–H groups in total. The standard InChI is InChI=1S/C21H18F5N5O3/c22-14-5-12(6-15(23)16(14)32)19(33)29-7-10-1-3-11(4-2-10)20-30-18(31-34-20)17-27-8-13(9-28-17)21(24,25)26/h5-6,8-11,32H,1-4,7H2,(H,29,33). The van der Waals surface area contributed by atoms with Crippen LogP contribution in [0.2, 0.25) is 0 Å². The molecule has 1 fully saturated rings. The number of halogens is 5. The van der Waals surface area contributed by atoms with E-state index in [1.54, 1.807) is 0 Å². The van der Waals surface area contributed by atoms with Crippen molar-refractivity contribution < 1.29 is 36.4 Å². The van der Waals surface area contributed by atoms with Crippen molar-refractivity contribution in [2.75, 3.05) is 6.54 Å². The molecule has 0 aliphatic heterocycles. The summed E-state index contributed by atoms with van der Waals surface area (Å²) in [5, 5.41) is 15.5. The van der Waals surface area contributed by atoms with Crippen molar-refractivity contribution in [2.24, 2.45) is 5.92 Å². The van der Waals surface area contributed by atoms with Gasteiger partial charge in [-0.15, -0.1) is 0 Å². The number of hydrogen-bond donors (Lipinski definition) is 2. The summed E-state index contributed by atoms with van der Waals surface area (Å²) >= 11 is 0. The number of carbonyl (C=O) groups is 1. The van der Waals surface area contributed by atoms with Gasteiger partial charge in [-0.05, 0) is 43.7 Å². The maximum atomic E-state index is 13.4. The molecule has 8 nitrogen and oxygen atoms in total. The molecule has 2 aromatic heterocycles. The quantitative estimate of drug-likeness (QED) is 0.522. The van der Waals surface area contributed by atoms with E-state index < -0.39 is 35.0 Å². The van der Waals surface area contributed by atoms with Crippen LogP contribution in [-0.2, 0) is 6.18 Å². The van der Waals surface area contributed by atoms with Crippen molar-refractivity contribution in [3.63, 3.8) is 0 Å². The van der Waals surface area contributed by atoms with Crippen LogP contribution in [0.15, 0.2) is 29.0 Å². The second kappa shape index (κ2) is 9.31. The molecule has 0 bridgehead atoms. The molecule has 0 saturated heterocycles. The Bertz CT molecular complexity index is 1150. The van der Waals surface area contributed by atoms with Crippen LogP contribution in [0, 0.1) is 17.6 Å². The van der Waals surface area contributed by atoms with Crippen LogP contribution in [0.1, 0.15) is 53.4 Å². The summed E-state index contributed by atoms with van der Waals surface area (Å²) in [6.07, 6.45) is -0.500. The highest BCUT2D eigenvalue weighted by atomic mass is 19.4. The maximum absolute atomic E-state index is 13.4. The van der Waals surface area contributed by atoms with Gasteiger partial charge < -0.3 is 14.9 Å². The number of benzene rings is 1. The first-order chi connectivity index (χ1) is 16.1. The van der Waals surface area contributed by atoms with Crippen LogP contribution in [0.4, 0.5) is 22.0 Å². The molecule has 0 atom stereocenters. The number of phenolic OH excluding ortho intramolecular Hbond substituents is 1. The third-order valence-corrected chi connectivity index (χ3v) is 5.65. The zero-order chi connectivity index (χ0) is 24.5. The lowest BCUT2D eigenvalue weighted by atomic mass is 9.82. The molecule has 180 valence electrons. The first-order valence-electron chi connectivity index (χ1n) is 10.3. The number of nitrogens with one attached hydrogen (secondary N) is 1. The second-order valence-corrected chi connectivity index (χ2v) is 7.97. The molecule has 4 rings (SSSR count). The number of amides is 1. The van der Waals surface area contributed by atoms with Crippen molar-refractivity contribution in [1.29, 1.82) is 0 Å². The highest BCUT2D eigenvalue weighted by Gasteiger charge is 2.32. The van der Waals surface area contributed by atoms with Crippen LogP contribution in [0.5, 0.6) is 5.75 Å². The molecule has 1 aromatic carbocycles. The van der Waals surface area contributed by atoms with Crippen LogP contribution in [0.3, 0.4) is 0 Å². The number of alkyl halides is 3. The molecule has 1 aliphatic rings. The topological polar surface area (TPSA) is 114 Å². The lowest BCUT2D eigenvalue weighted by Gasteiger charge is -2.26. The van der Waals surface area contributed by atoms with Gasteiger partial charge in [-0.2, -0.15) is 18.2 Å². The Morgan fingerprint density at radius 3 is 2.26 bits per heavy atom. The van der Waals surface area contributed by atoms with E-state index in [0.29, 0.717) is 50.5 Å².